The van der Waals surface area contributed by atoms with Crippen LogP contribution >= 0.6 is 0 Å². The van der Waals surface area contributed by atoms with E-state index in [0.717, 1.165) is 12.8 Å². The van der Waals surface area contributed by atoms with Crippen molar-refractivity contribution >= 4 is 11.8 Å². The summed E-state index contributed by atoms with van der Waals surface area (Å²) in [6, 6.07) is 7.98. The van der Waals surface area contributed by atoms with Gasteiger partial charge in [0.05, 0.1) is 31.2 Å². The standard InChI is InChI=1S/C20H29N3O4/c1-2-20(12-24,13-25)22-18(26)11-17-19(27)21-7-8-23(17)16-9-14-5-3-4-6-15(14)10-16/h3-6,16-17,24-25H,2,7-13H2,1H3,(H,21,27)(H,22,26)/t17-/m0/s1. The number of hydrogen-bond donors (Lipinski definition) is 4. The first-order chi connectivity index (χ1) is 13.0. The highest BCUT2D eigenvalue weighted by atomic mass is 16.3. The van der Waals surface area contributed by atoms with Crippen LogP contribution in [-0.2, 0) is 22.4 Å². The molecule has 1 heterocycles. The summed E-state index contributed by atoms with van der Waals surface area (Å²) >= 11 is 0. The van der Waals surface area contributed by atoms with Crippen molar-refractivity contribution < 1.29 is 19.8 Å². The van der Waals surface area contributed by atoms with Crippen LogP contribution in [0.1, 0.15) is 30.9 Å². The zero-order chi connectivity index (χ0) is 19.4. The minimum absolute atomic E-state index is 0.0143. The molecule has 1 aromatic rings. The highest BCUT2D eigenvalue weighted by Gasteiger charge is 2.39. The molecule has 0 bridgehead atoms. The number of nitrogens with one attached hydrogen (secondary N) is 2. The molecule has 4 N–H and O–H groups in total. The quantitative estimate of drug-likeness (QED) is 0.519. The molecule has 2 aliphatic rings. The van der Waals surface area contributed by atoms with Crippen molar-refractivity contribution in [2.75, 3.05) is 26.3 Å². The number of aliphatic hydroxyl groups excluding tert-OH is 2. The lowest BCUT2D eigenvalue weighted by molar-refractivity contribution is -0.136. The highest BCUT2D eigenvalue weighted by molar-refractivity contribution is 5.89. The molecule has 148 valence electrons. The summed E-state index contributed by atoms with van der Waals surface area (Å²) in [5.74, 6) is -0.468. The van der Waals surface area contributed by atoms with E-state index in [-0.39, 0.29) is 37.5 Å². The first-order valence-electron chi connectivity index (χ1n) is 9.65. The van der Waals surface area contributed by atoms with E-state index in [0.29, 0.717) is 19.5 Å². The lowest BCUT2D eigenvalue weighted by Crippen LogP contribution is -2.61. The largest absolute Gasteiger partial charge is 0.394 e. The molecule has 0 spiro atoms. The fourth-order valence-electron chi connectivity index (χ4n) is 4.11. The van der Waals surface area contributed by atoms with E-state index in [1.54, 1.807) is 6.92 Å². The number of amides is 2. The van der Waals surface area contributed by atoms with Gasteiger partial charge in [-0.2, -0.15) is 0 Å². The monoisotopic (exact) mass is 375 g/mol. The maximum atomic E-state index is 12.6. The molecule has 0 unspecified atom stereocenters. The molecular formula is C20H29N3O4. The van der Waals surface area contributed by atoms with Crippen LogP contribution in [0.2, 0.25) is 0 Å². The van der Waals surface area contributed by atoms with Crippen LogP contribution in [0.3, 0.4) is 0 Å². The Hall–Kier alpha value is -1.96. The van der Waals surface area contributed by atoms with E-state index < -0.39 is 11.6 Å². The summed E-state index contributed by atoms with van der Waals surface area (Å²) in [5.41, 5.74) is 1.57. The maximum absolute atomic E-state index is 12.6. The molecule has 1 aliphatic heterocycles. The van der Waals surface area contributed by atoms with Gasteiger partial charge in [-0.05, 0) is 30.4 Å². The smallest absolute Gasteiger partial charge is 0.237 e. The second-order valence-corrected chi connectivity index (χ2v) is 7.58. The van der Waals surface area contributed by atoms with Gasteiger partial charge in [-0.3, -0.25) is 14.5 Å². The number of aliphatic hydroxyl groups is 2. The maximum Gasteiger partial charge on any atom is 0.237 e. The second-order valence-electron chi connectivity index (χ2n) is 7.58. The summed E-state index contributed by atoms with van der Waals surface area (Å²) in [5, 5.41) is 24.7. The molecule has 1 aromatic carbocycles. The van der Waals surface area contributed by atoms with Crippen molar-refractivity contribution in [2.24, 2.45) is 0 Å². The number of fused-ring (bicyclic) bond motifs is 1. The minimum Gasteiger partial charge on any atom is -0.394 e. The fraction of sp³-hybridized carbons (Fsp3) is 0.600. The van der Waals surface area contributed by atoms with E-state index in [1.165, 1.54) is 11.1 Å². The molecule has 27 heavy (non-hydrogen) atoms. The van der Waals surface area contributed by atoms with Gasteiger partial charge in [-0.25, -0.2) is 0 Å². The summed E-state index contributed by atoms with van der Waals surface area (Å²) < 4.78 is 0. The van der Waals surface area contributed by atoms with Gasteiger partial charge in [0, 0.05) is 19.1 Å². The molecule has 0 radical (unpaired) electrons. The Morgan fingerprint density at radius 1 is 1.26 bits per heavy atom. The molecule has 0 saturated carbocycles. The van der Waals surface area contributed by atoms with E-state index in [1.807, 2.05) is 12.1 Å². The van der Waals surface area contributed by atoms with Crippen molar-refractivity contribution in [3.8, 4) is 0 Å². The summed E-state index contributed by atoms with van der Waals surface area (Å²) in [6.45, 7) is 2.40. The SMILES string of the molecule is CCC(CO)(CO)NC(=O)C[C@H]1C(=O)NCCN1C1Cc2ccccc2C1. The first kappa shape index (κ1) is 19.8. The van der Waals surface area contributed by atoms with Crippen LogP contribution in [0.25, 0.3) is 0 Å². The topological polar surface area (TPSA) is 102 Å². The van der Waals surface area contributed by atoms with Crippen molar-refractivity contribution in [3.63, 3.8) is 0 Å². The van der Waals surface area contributed by atoms with Gasteiger partial charge in [0.1, 0.15) is 0 Å². The predicted molar refractivity (Wildman–Crippen MR) is 101 cm³/mol. The van der Waals surface area contributed by atoms with Crippen LogP contribution < -0.4 is 10.6 Å². The van der Waals surface area contributed by atoms with E-state index in [4.69, 9.17) is 0 Å². The molecule has 0 aromatic heterocycles. The van der Waals surface area contributed by atoms with Gasteiger partial charge in [-0.15, -0.1) is 0 Å². The van der Waals surface area contributed by atoms with Crippen LogP contribution in [0.15, 0.2) is 24.3 Å². The van der Waals surface area contributed by atoms with Crippen LogP contribution in [-0.4, -0.2) is 70.9 Å². The number of benzene rings is 1. The van der Waals surface area contributed by atoms with Crippen LogP contribution in [0.5, 0.6) is 0 Å². The number of carbonyl (C=O) groups is 2. The van der Waals surface area contributed by atoms with Crippen molar-refractivity contribution in [3.05, 3.63) is 35.4 Å². The molecule has 1 atom stereocenters. The summed E-state index contributed by atoms with van der Waals surface area (Å²) in [6.07, 6.45) is 2.19. The molecular weight excluding hydrogens is 346 g/mol. The van der Waals surface area contributed by atoms with E-state index in [2.05, 4.69) is 27.7 Å². The number of nitrogens with zero attached hydrogens (tertiary/aromatic N) is 1. The Morgan fingerprint density at radius 3 is 2.44 bits per heavy atom. The second kappa shape index (κ2) is 8.37. The van der Waals surface area contributed by atoms with Gasteiger partial charge in [0.2, 0.25) is 11.8 Å². The zero-order valence-corrected chi connectivity index (χ0v) is 15.8. The Bertz CT molecular complexity index is 656. The number of piperazine rings is 1. The molecule has 1 aliphatic carbocycles. The lowest BCUT2D eigenvalue weighted by Gasteiger charge is -2.39. The predicted octanol–water partition coefficient (Wildman–Crippen LogP) is -0.406. The number of rotatable bonds is 7. The van der Waals surface area contributed by atoms with Gasteiger partial charge < -0.3 is 20.8 Å². The average Bonchev–Trinajstić information content (AvgIpc) is 3.12. The Labute approximate surface area is 159 Å². The molecule has 7 heteroatoms. The average molecular weight is 375 g/mol. The fourth-order valence-corrected chi connectivity index (χ4v) is 4.11. The Kier molecular flexibility index (Phi) is 6.14. The lowest BCUT2D eigenvalue weighted by atomic mass is 9.97. The molecule has 1 saturated heterocycles. The van der Waals surface area contributed by atoms with Crippen LogP contribution in [0, 0.1) is 0 Å². The molecule has 1 fully saturated rings. The van der Waals surface area contributed by atoms with Crippen LogP contribution in [0.4, 0.5) is 0 Å². The van der Waals surface area contributed by atoms with Gasteiger partial charge >= 0.3 is 0 Å². The summed E-state index contributed by atoms with van der Waals surface area (Å²) in [7, 11) is 0. The molecule has 3 rings (SSSR count). The van der Waals surface area contributed by atoms with E-state index >= 15 is 0 Å². The van der Waals surface area contributed by atoms with Crippen molar-refractivity contribution in [1.29, 1.82) is 0 Å². The van der Waals surface area contributed by atoms with Gasteiger partial charge in [0.15, 0.2) is 0 Å². The Balaban J connectivity index is 1.70. The van der Waals surface area contributed by atoms with Gasteiger partial charge in [0.25, 0.3) is 0 Å². The third-order valence-corrected chi connectivity index (χ3v) is 5.94. The third-order valence-electron chi connectivity index (χ3n) is 5.94. The van der Waals surface area contributed by atoms with Crippen molar-refractivity contribution in [2.45, 2.75) is 50.2 Å². The number of carbonyl (C=O) groups excluding carboxylic acids is 2. The van der Waals surface area contributed by atoms with E-state index in [9.17, 15) is 19.8 Å². The number of hydrogen-bond acceptors (Lipinski definition) is 5. The normalized spacial score (nSPS) is 21.0. The molecule has 2 amide bonds. The molecule has 7 nitrogen and oxygen atoms in total. The Morgan fingerprint density at radius 2 is 1.89 bits per heavy atom. The van der Waals surface area contributed by atoms with Crippen molar-refractivity contribution in [1.82, 2.24) is 15.5 Å². The highest BCUT2D eigenvalue weighted by Crippen LogP contribution is 2.28. The first-order valence-corrected chi connectivity index (χ1v) is 9.65. The minimum atomic E-state index is -1.04. The summed E-state index contributed by atoms with van der Waals surface area (Å²) in [4.78, 5) is 27.2. The third kappa shape index (κ3) is 4.15. The van der Waals surface area contributed by atoms with Gasteiger partial charge in [-0.1, -0.05) is 31.2 Å². The zero-order valence-electron chi connectivity index (χ0n) is 15.8.